The summed E-state index contributed by atoms with van der Waals surface area (Å²) in [4.78, 5) is 27.8. The molecule has 4 rings (SSSR count). The molecular weight excluding hydrogens is 382 g/mol. The number of rotatable bonds is 3. The van der Waals surface area contributed by atoms with Gasteiger partial charge in [0.1, 0.15) is 5.58 Å². The molecule has 1 aliphatic rings. The molecule has 0 aliphatic carbocycles. The molecule has 0 bridgehead atoms. The fourth-order valence-corrected chi connectivity index (χ4v) is 3.69. The van der Waals surface area contributed by atoms with E-state index in [2.05, 4.69) is 15.9 Å². The minimum atomic E-state index is -0.406. The summed E-state index contributed by atoms with van der Waals surface area (Å²) in [5.74, 6) is -0.0438. The summed E-state index contributed by atoms with van der Waals surface area (Å²) in [5.41, 5.74) is 1.68. The van der Waals surface area contributed by atoms with E-state index in [1.165, 1.54) is 0 Å². The van der Waals surface area contributed by atoms with Gasteiger partial charge in [-0.15, -0.1) is 0 Å². The summed E-state index contributed by atoms with van der Waals surface area (Å²) in [5, 5.41) is 0.509. The first kappa shape index (κ1) is 16.1. The van der Waals surface area contributed by atoms with Crippen LogP contribution in [0.2, 0.25) is 0 Å². The lowest BCUT2D eigenvalue weighted by molar-refractivity contribution is 0.0728. The van der Waals surface area contributed by atoms with Crippen molar-refractivity contribution in [2.24, 2.45) is 0 Å². The number of carbonyl (C=O) groups is 1. The summed E-state index contributed by atoms with van der Waals surface area (Å²) >= 11 is 3.43. The van der Waals surface area contributed by atoms with E-state index in [0.717, 1.165) is 16.5 Å². The van der Waals surface area contributed by atoms with Gasteiger partial charge in [0.05, 0.1) is 17.0 Å². The van der Waals surface area contributed by atoms with Crippen LogP contribution in [0.1, 0.15) is 41.1 Å². The van der Waals surface area contributed by atoms with Crippen LogP contribution in [0.25, 0.3) is 11.0 Å². The summed E-state index contributed by atoms with van der Waals surface area (Å²) in [6.45, 7) is 2.58. The van der Waals surface area contributed by atoms with Crippen molar-refractivity contribution in [3.63, 3.8) is 0 Å². The molecule has 0 saturated heterocycles. The topological polar surface area (TPSA) is 50.5 Å². The fraction of sp³-hybridized carbons (Fsp3) is 0.200. The van der Waals surface area contributed by atoms with Crippen LogP contribution in [0, 0.1) is 0 Å². The Hall–Kier alpha value is -2.40. The minimum Gasteiger partial charge on any atom is -0.450 e. The van der Waals surface area contributed by atoms with Gasteiger partial charge in [-0.2, -0.15) is 0 Å². The highest BCUT2D eigenvalue weighted by Gasteiger charge is 2.42. The molecule has 2 heterocycles. The maximum absolute atomic E-state index is 13.1. The Morgan fingerprint density at radius 2 is 1.80 bits per heavy atom. The monoisotopic (exact) mass is 397 g/mol. The predicted octanol–water partition coefficient (Wildman–Crippen LogP) is 4.51. The first-order chi connectivity index (χ1) is 12.1. The van der Waals surface area contributed by atoms with Crippen molar-refractivity contribution < 1.29 is 9.21 Å². The molecule has 25 heavy (non-hydrogen) atoms. The van der Waals surface area contributed by atoms with Gasteiger partial charge in [0.2, 0.25) is 5.76 Å². The molecule has 3 aromatic rings. The third kappa shape index (κ3) is 2.50. The first-order valence-corrected chi connectivity index (χ1v) is 9.03. The van der Waals surface area contributed by atoms with Crippen LogP contribution in [0.3, 0.4) is 0 Å². The SMILES string of the molecule is CCCN1C(=O)c2oc3ccccc3c(=O)c2[C@@H]1c1ccc(Br)cc1. The molecule has 0 saturated carbocycles. The lowest BCUT2D eigenvalue weighted by atomic mass is 9.98. The largest absolute Gasteiger partial charge is 0.450 e. The molecule has 1 amide bonds. The van der Waals surface area contributed by atoms with Crippen LogP contribution in [0.4, 0.5) is 0 Å². The highest BCUT2D eigenvalue weighted by molar-refractivity contribution is 9.10. The molecule has 1 aliphatic heterocycles. The number of benzene rings is 2. The van der Waals surface area contributed by atoms with E-state index in [0.29, 0.717) is 23.1 Å². The van der Waals surface area contributed by atoms with Gasteiger partial charge >= 0.3 is 0 Å². The smallest absolute Gasteiger partial charge is 0.290 e. The molecular formula is C20H16BrNO3. The van der Waals surface area contributed by atoms with Gasteiger partial charge in [0.25, 0.3) is 5.91 Å². The standard InChI is InChI=1S/C20H16BrNO3/c1-2-11-22-17(12-7-9-13(21)10-8-12)16-18(23)14-5-3-4-6-15(14)25-19(16)20(22)24/h3-10,17H,2,11H2,1H3/t17-/m0/s1. The zero-order valence-electron chi connectivity index (χ0n) is 13.7. The lowest BCUT2D eigenvalue weighted by Crippen LogP contribution is -2.30. The van der Waals surface area contributed by atoms with Gasteiger partial charge in [-0.3, -0.25) is 9.59 Å². The van der Waals surface area contributed by atoms with Crippen molar-refractivity contribution >= 4 is 32.8 Å². The van der Waals surface area contributed by atoms with E-state index in [1.54, 1.807) is 29.2 Å². The Morgan fingerprint density at radius 1 is 1.08 bits per heavy atom. The Bertz CT molecular complexity index is 1020. The van der Waals surface area contributed by atoms with Crippen molar-refractivity contribution in [1.82, 2.24) is 4.90 Å². The highest BCUT2D eigenvalue weighted by Crippen LogP contribution is 2.38. The number of hydrogen-bond donors (Lipinski definition) is 0. The molecule has 1 aromatic heterocycles. The van der Waals surface area contributed by atoms with E-state index in [9.17, 15) is 9.59 Å². The fourth-order valence-electron chi connectivity index (χ4n) is 3.43. The highest BCUT2D eigenvalue weighted by atomic mass is 79.9. The van der Waals surface area contributed by atoms with Crippen molar-refractivity contribution in [3.05, 3.63) is 80.1 Å². The van der Waals surface area contributed by atoms with Crippen LogP contribution in [0.15, 0.2) is 62.2 Å². The number of para-hydroxylation sites is 1. The van der Waals surface area contributed by atoms with Crippen molar-refractivity contribution in [3.8, 4) is 0 Å². The average molecular weight is 398 g/mol. The van der Waals surface area contributed by atoms with Crippen LogP contribution in [-0.4, -0.2) is 17.4 Å². The number of amides is 1. The number of carbonyl (C=O) groups excluding carboxylic acids is 1. The molecule has 2 aromatic carbocycles. The maximum atomic E-state index is 13.1. The van der Waals surface area contributed by atoms with Crippen LogP contribution in [0.5, 0.6) is 0 Å². The molecule has 126 valence electrons. The van der Waals surface area contributed by atoms with Gasteiger partial charge in [0.15, 0.2) is 5.43 Å². The maximum Gasteiger partial charge on any atom is 0.290 e. The van der Waals surface area contributed by atoms with E-state index >= 15 is 0 Å². The van der Waals surface area contributed by atoms with E-state index in [-0.39, 0.29) is 17.1 Å². The van der Waals surface area contributed by atoms with E-state index in [4.69, 9.17) is 4.42 Å². The van der Waals surface area contributed by atoms with Gasteiger partial charge in [-0.1, -0.05) is 47.1 Å². The van der Waals surface area contributed by atoms with Gasteiger partial charge < -0.3 is 9.32 Å². The van der Waals surface area contributed by atoms with Crippen molar-refractivity contribution in [2.75, 3.05) is 6.54 Å². The van der Waals surface area contributed by atoms with Gasteiger partial charge in [0, 0.05) is 11.0 Å². The van der Waals surface area contributed by atoms with Gasteiger partial charge in [-0.05, 0) is 36.2 Å². The molecule has 5 heteroatoms. The Labute approximate surface area is 153 Å². The Morgan fingerprint density at radius 3 is 2.52 bits per heavy atom. The zero-order valence-corrected chi connectivity index (χ0v) is 15.2. The summed E-state index contributed by atoms with van der Waals surface area (Å²) < 4.78 is 6.80. The van der Waals surface area contributed by atoms with Crippen LogP contribution >= 0.6 is 15.9 Å². The minimum absolute atomic E-state index is 0.128. The van der Waals surface area contributed by atoms with Crippen LogP contribution in [-0.2, 0) is 0 Å². The number of halogens is 1. The third-order valence-corrected chi connectivity index (χ3v) is 5.05. The quantitative estimate of drug-likeness (QED) is 0.652. The average Bonchev–Trinajstić information content (AvgIpc) is 2.89. The molecule has 4 nitrogen and oxygen atoms in total. The summed E-state index contributed by atoms with van der Waals surface area (Å²) in [6.07, 6.45) is 0.806. The van der Waals surface area contributed by atoms with Crippen molar-refractivity contribution in [2.45, 2.75) is 19.4 Å². The lowest BCUT2D eigenvalue weighted by Gasteiger charge is -2.24. The Kier molecular flexibility index (Phi) is 3.96. The summed E-state index contributed by atoms with van der Waals surface area (Å²) in [6, 6.07) is 14.4. The van der Waals surface area contributed by atoms with E-state index in [1.807, 2.05) is 31.2 Å². The predicted molar refractivity (Wildman–Crippen MR) is 99.8 cm³/mol. The molecule has 1 atom stereocenters. The second kappa shape index (κ2) is 6.15. The number of fused-ring (bicyclic) bond motifs is 2. The first-order valence-electron chi connectivity index (χ1n) is 8.24. The molecule has 0 unspecified atom stereocenters. The summed E-state index contributed by atoms with van der Waals surface area (Å²) in [7, 11) is 0. The molecule has 0 radical (unpaired) electrons. The Balaban J connectivity index is 2.00. The second-order valence-corrected chi connectivity index (χ2v) is 7.04. The number of nitrogens with zero attached hydrogens (tertiary/aromatic N) is 1. The third-order valence-electron chi connectivity index (χ3n) is 4.52. The zero-order chi connectivity index (χ0) is 17.6. The van der Waals surface area contributed by atoms with Crippen LogP contribution < -0.4 is 5.43 Å². The number of hydrogen-bond acceptors (Lipinski definition) is 3. The molecule has 0 N–H and O–H groups in total. The normalized spacial score (nSPS) is 16.5. The second-order valence-electron chi connectivity index (χ2n) is 6.12. The van der Waals surface area contributed by atoms with Crippen molar-refractivity contribution in [1.29, 1.82) is 0 Å². The van der Waals surface area contributed by atoms with Gasteiger partial charge in [-0.25, -0.2) is 0 Å². The molecule has 0 spiro atoms. The van der Waals surface area contributed by atoms with E-state index < -0.39 is 6.04 Å². The molecule has 0 fully saturated rings.